The van der Waals surface area contributed by atoms with Crippen LogP contribution >= 0.6 is 11.6 Å². The minimum absolute atomic E-state index is 0.137. The monoisotopic (exact) mass is 329 g/mol. The third-order valence-electron chi connectivity index (χ3n) is 3.31. The summed E-state index contributed by atoms with van der Waals surface area (Å²) in [7, 11) is 0. The molecule has 0 fully saturated rings. The number of amides is 1. The van der Waals surface area contributed by atoms with Gasteiger partial charge in [0.2, 0.25) is 5.91 Å². The molecule has 6 nitrogen and oxygen atoms in total. The van der Waals surface area contributed by atoms with Crippen molar-refractivity contribution in [3.8, 4) is 11.3 Å². The van der Waals surface area contributed by atoms with E-state index in [0.29, 0.717) is 10.7 Å². The second-order valence-corrected chi connectivity index (χ2v) is 5.48. The Morgan fingerprint density at radius 3 is 2.91 bits per heavy atom. The third kappa shape index (κ3) is 3.78. The maximum Gasteiger partial charge on any atom is 0.246 e. The van der Waals surface area contributed by atoms with Gasteiger partial charge in [0.05, 0.1) is 17.6 Å². The molecule has 23 heavy (non-hydrogen) atoms. The summed E-state index contributed by atoms with van der Waals surface area (Å²) in [6.07, 6.45) is 5.19. The fraction of sp³-hybridized carbons (Fsp3) is 0.188. The van der Waals surface area contributed by atoms with E-state index < -0.39 is 0 Å². The van der Waals surface area contributed by atoms with Crippen LogP contribution in [-0.4, -0.2) is 25.5 Å². The summed E-state index contributed by atoms with van der Waals surface area (Å²) in [6.45, 7) is 2.88. The zero-order valence-corrected chi connectivity index (χ0v) is 13.4. The van der Waals surface area contributed by atoms with Crippen molar-refractivity contribution in [3.05, 3.63) is 53.9 Å². The first kappa shape index (κ1) is 15.3. The average molecular weight is 330 g/mol. The predicted molar refractivity (Wildman–Crippen MR) is 89.2 cm³/mol. The molecule has 1 aromatic carbocycles. The van der Waals surface area contributed by atoms with E-state index in [4.69, 9.17) is 11.6 Å². The van der Waals surface area contributed by atoms with Crippen LogP contribution in [0.3, 0.4) is 0 Å². The molecule has 0 bridgehead atoms. The summed E-state index contributed by atoms with van der Waals surface area (Å²) in [6, 6.07) is 9.31. The molecule has 0 spiro atoms. The van der Waals surface area contributed by atoms with Crippen LogP contribution in [-0.2, 0) is 17.9 Å². The van der Waals surface area contributed by atoms with Crippen molar-refractivity contribution in [2.45, 2.75) is 20.0 Å². The molecule has 0 aliphatic rings. The number of aromatic nitrogens is 4. The Morgan fingerprint density at radius 2 is 2.17 bits per heavy atom. The normalized spacial score (nSPS) is 10.7. The number of carbonyl (C=O) groups is 1. The molecule has 118 valence electrons. The SMILES string of the molecule is CCn1cc(NC(=O)Cn2ccc(-c3cccc(Cl)c3)n2)cn1. The summed E-state index contributed by atoms with van der Waals surface area (Å²) in [4.78, 5) is 12.0. The highest BCUT2D eigenvalue weighted by atomic mass is 35.5. The zero-order valence-electron chi connectivity index (χ0n) is 12.6. The van der Waals surface area contributed by atoms with Gasteiger partial charge in [0, 0.05) is 29.5 Å². The van der Waals surface area contributed by atoms with Gasteiger partial charge < -0.3 is 5.32 Å². The number of hydrogen-bond acceptors (Lipinski definition) is 3. The van der Waals surface area contributed by atoms with Gasteiger partial charge in [-0.05, 0) is 25.1 Å². The van der Waals surface area contributed by atoms with E-state index in [9.17, 15) is 4.79 Å². The van der Waals surface area contributed by atoms with E-state index in [1.54, 1.807) is 28.0 Å². The van der Waals surface area contributed by atoms with Gasteiger partial charge in [0.25, 0.3) is 0 Å². The van der Waals surface area contributed by atoms with Crippen molar-refractivity contribution in [2.24, 2.45) is 0 Å². The largest absolute Gasteiger partial charge is 0.322 e. The number of carbonyl (C=O) groups excluding carboxylic acids is 1. The molecule has 0 aliphatic carbocycles. The molecule has 0 atom stereocenters. The highest BCUT2D eigenvalue weighted by Crippen LogP contribution is 2.20. The van der Waals surface area contributed by atoms with Crippen molar-refractivity contribution in [2.75, 3.05) is 5.32 Å². The number of rotatable bonds is 5. The zero-order chi connectivity index (χ0) is 16.2. The van der Waals surface area contributed by atoms with E-state index in [1.165, 1.54) is 0 Å². The van der Waals surface area contributed by atoms with Crippen LogP contribution in [0.4, 0.5) is 5.69 Å². The molecular weight excluding hydrogens is 314 g/mol. The topological polar surface area (TPSA) is 64.7 Å². The fourth-order valence-electron chi connectivity index (χ4n) is 2.20. The lowest BCUT2D eigenvalue weighted by Gasteiger charge is -2.03. The van der Waals surface area contributed by atoms with Gasteiger partial charge in [-0.1, -0.05) is 23.7 Å². The Bertz CT molecular complexity index is 823. The number of nitrogens with one attached hydrogen (secondary N) is 1. The van der Waals surface area contributed by atoms with Gasteiger partial charge in [0.1, 0.15) is 6.54 Å². The second kappa shape index (κ2) is 6.66. The molecule has 1 amide bonds. The van der Waals surface area contributed by atoms with Gasteiger partial charge in [-0.2, -0.15) is 10.2 Å². The van der Waals surface area contributed by atoms with Gasteiger partial charge >= 0.3 is 0 Å². The summed E-state index contributed by atoms with van der Waals surface area (Å²) in [5.74, 6) is -0.151. The van der Waals surface area contributed by atoms with Crippen LogP contribution in [0.1, 0.15) is 6.92 Å². The molecule has 0 radical (unpaired) electrons. The van der Waals surface area contributed by atoms with Gasteiger partial charge in [-0.25, -0.2) is 0 Å². The van der Waals surface area contributed by atoms with Crippen LogP contribution in [0, 0.1) is 0 Å². The molecule has 7 heteroatoms. The summed E-state index contributed by atoms with van der Waals surface area (Å²) >= 11 is 5.98. The Kier molecular flexibility index (Phi) is 4.43. The number of aryl methyl sites for hydroxylation is 1. The fourth-order valence-corrected chi connectivity index (χ4v) is 2.39. The lowest BCUT2D eigenvalue weighted by molar-refractivity contribution is -0.116. The first-order valence-electron chi connectivity index (χ1n) is 7.26. The van der Waals surface area contributed by atoms with Crippen LogP contribution < -0.4 is 5.32 Å². The summed E-state index contributed by atoms with van der Waals surface area (Å²) in [5.41, 5.74) is 2.37. The van der Waals surface area contributed by atoms with E-state index in [-0.39, 0.29) is 12.5 Å². The average Bonchev–Trinajstić information content (AvgIpc) is 3.16. The Balaban J connectivity index is 1.65. The lowest BCUT2D eigenvalue weighted by atomic mass is 10.2. The van der Waals surface area contributed by atoms with Gasteiger partial charge in [-0.15, -0.1) is 0 Å². The smallest absolute Gasteiger partial charge is 0.246 e. The summed E-state index contributed by atoms with van der Waals surface area (Å²) < 4.78 is 3.34. The third-order valence-corrected chi connectivity index (χ3v) is 3.54. The molecule has 3 aromatic rings. The number of nitrogens with zero attached hydrogens (tertiary/aromatic N) is 4. The highest BCUT2D eigenvalue weighted by Gasteiger charge is 2.08. The molecular formula is C16H16ClN5O. The minimum Gasteiger partial charge on any atom is -0.322 e. The first-order chi connectivity index (χ1) is 11.1. The standard InChI is InChI=1S/C16H16ClN5O/c1-2-21-10-14(9-18-21)19-16(23)11-22-7-6-15(20-22)12-4-3-5-13(17)8-12/h3-10H,2,11H2,1H3,(H,19,23). The first-order valence-corrected chi connectivity index (χ1v) is 7.63. The molecule has 1 N–H and O–H groups in total. The van der Waals surface area contributed by atoms with Crippen LogP contribution in [0.2, 0.25) is 5.02 Å². The minimum atomic E-state index is -0.151. The van der Waals surface area contributed by atoms with Crippen LogP contribution in [0.5, 0.6) is 0 Å². The highest BCUT2D eigenvalue weighted by molar-refractivity contribution is 6.30. The van der Waals surface area contributed by atoms with Crippen molar-refractivity contribution in [1.82, 2.24) is 19.6 Å². The van der Waals surface area contributed by atoms with Crippen molar-refractivity contribution < 1.29 is 4.79 Å². The maximum atomic E-state index is 12.0. The molecule has 0 saturated carbocycles. The van der Waals surface area contributed by atoms with Crippen molar-refractivity contribution in [3.63, 3.8) is 0 Å². The van der Waals surface area contributed by atoms with Crippen molar-refractivity contribution >= 4 is 23.2 Å². The Morgan fingerprint density at radius 1 is 1.30 bits per heavy atom. The van der Waals surface area contributed by atoms with E-state index in [1.807, 2.05) is 37.3 Å². The number of hydrogen-bond donors (Lipinski definition) is 1. The number of benzene rings is 1. The van der Waals surface area contributed by atoms with Gasteiger partial charge in [0.15, 0.2) is 0 Å². The van der Waals surface area contributed by atoms with Crippen molar-refractivity contribution in [1.29, 1.82) is 0 Å². The lowest BCUT2D eigenvalue weighted by Crippen LogP contribution is -2.18. The van der Waals surface area contributed by atoms with Crippen LogP contribution in [0.25, 0.3) is 11.3 Å². The number of anilines is 1. The molecule has 2 aromatic heterocycles. The quantitative estimate of drug-likeness (QED) is 0.782. The maximum absolute atomic E-state index is 12.0. The Labute approximate surface area is 138 Å². The molecule has 3 rings (SSSR count). The predicted octanol–water partition coefficient (Wildman–Crippen LogP) is 3.06. The Hall–Kier alpha value is -2.60. The number of halogens is 1. The molecule has 0 aliphatic heterocycles. The molecule has 0 saturated heterocycles. The van der Waals surface area contributed by atoms with E-state index in [0.717, 1.165) is 17.8 Å². The van der Waals surface area contributed by atoms with Crippen LogP contribution in [0.15, 0.2) is 48.9 Å². The molecule has 2 heterocycles. The van der Waals surface area contributed by atoms with E-state index >= 15 is 0 Å². The van der Waals surface area contributed by atoms with Gasteiger partial charge in [-0.3, -0.25) is 14.2 Å². The second-order valence-electron chi connectivity index (χ2n) is 5.04. The molecule has 0 unspecified atom stereocenters. The summed E-state index contributed by atoms with van der Waals surface area (Å²) in [5, 5.41) is 12.0. The van der Waals surface area contributed by atoms with E-state index in [2.05, 4.69) is 15.5 Å².